The summed E-state index contributed by atoms with van der Waals surface area (Å²) in [6.45, 7) is 13.2. The highest BCUT2D eigenvalue weighted by Crippen LogP contribution is 2.55. The van der Waals surface area contributed by atoms with Gasteiger partial charge in [0, 0.05) is 107 Å². The third-order valence-corrected chi connectivity index (χ3v) is 16.6. The monoisotopic (exact) mass is 955 g/mol. The van der Waals surface area contributed by atoms with Crippen LogP contribution in [0.2, 0.25) is 0 Å². The number of β-amino-alcohol motifs (C(OH)–C–C–N with tert-alkyl or cyclic N) is 1. The van der Waals surface area contributed by atoms with Crippen LogP contribution in [-0.4, -0.2) is 141 Å². The predicted molar refractivity (Wildman–Crippen MR) is 259 cm³/mol. The Morgan fingerprint density at radius 1 is 0.914 bits per heavy atom. The summed E-state index contributed by atoms with van der Waals surface area (Å²) in [5, 5.41) is 25.6. The maximum Gasteiger partial charge on any atom is 0.319 e. The number of amides is 3. The number of pyridine rings is 1. The van der Waals surface area contributed by atoms with Gasteiger partial charge in [-0.1, -0.05) is 13.0 Å². The van der Waals surface area contributed by atoms with Crippen molar-refractivity contribution in [2.45, 2.75) is 77.0 Å². The first-order chi connectivity index (χ1) is 33.7. The Hall–Kier alpha value is -6.04. The second kappa shape index (κ2) is 17.1. The van der Waals surface area contributed by atoms with E-state index >= 15 is 8.78 Å². The number of aromatic hydroxyl groups is 1. The molecule has 15 nitrogen and oxygen atoms in total. The number of phenols is 1. The average molecular weight is 956 g/mol. The standard InChI is InChI=1S/C53H59F2N9O6/c1-3-34-41(54)8-5-30-20-33(65)21-36(44(30)34)46-45(55)47-37(22-56-46)48(63-14-4-11-52(2,69)27-63)59-51(58-47)70-29-53(12-13-53)28-61-25-39-38(40(39)26-61)24-60-15-17-62(18-16-60)32-6-7-35-31(19-32)23-64(50(35)68)42-9-10-43(66)57-49(42)67/h5-8,19-22,38-40,42,65,69H,3-4,9-18,23-29H2,1-2H3,(H,57,66,67)/t38-,39-,40+,42-,52+/m0/s1. The molecule has 7 aliphatic rings. The van der Waals surface area contributed by atoms with Crippen LogP contribution in [0, 0.1) is 34.8 Å². The lowest BCUT2D eigenvalue weighted by molar-refractivity contribution is -0.136. The van der Waals surface area contributed by atoms with E-state index in [9.17, 15) is 24.6 Å². The Morgan fingerprint density at radius 2 is 1.71 bits per heavy atom. The number of piperazine rings is 1. The normalized spacial score (nSPS) is 26.5. The van der Waals surface area contributed by atoms with Gasteiger partial charge in [0.1, 0.15) is 34.6 Å². The van der Waals surface area contributed by atoms with Crippen molar-refractivity contribution in [3.63, 3.8) is 0 Å². The number of nitrogens with zero attached hydrogens (tertiary/aromatic N) is 8. The van der Waals surface area contributed by atoms with E-state index in [1.165, 1.54) is 18.3 Å². The molecule has 2 saturated carbocycles. The number of nitrogens with one attached hydrogen (secondary N) is 1. The number of aryl methyl sites for hydroxylation is 1. The number of aromatic nitrogens is 3. The molecule has 0 bridgehead atoms. The summed E-state index contributed by atoms with van der Waals surface area (Å²) in [6, 6.07) is 11.4. The highest BCUT2D eigenvalue weighted by molar-refractivity contribution is 6.06. The minimum absolute atomic E-state index is 0.0131. The van der Waals surface area contributed by atoms with Crippen molar-refractivity contribution in [1.82, 2.24) is 35.0 Å². The van der Waals surface area contributed by atoms with E-state index in [-0.39, 0.29) is 52.2 Å². The summed E-state index contributed by atoms with van der Waals surface area (Å²) in [5.41, 5.74) is 2.28. The zero-order valence-electron chi connectivity index (χ0n) is 39.7. The van der Waals surface area contributed by atoms with Gasteiger partial charge in [0.15, 0.2) is 5.82 Å². The van der Waals surface area contributed by atoms with Gasteiger partial charge in [-0.3, -0.25) is 29.6 Å². The summed E-state index contributed by atoms with van der Waals surface area (Å²) in [7, 11) is 0. The molecule has 3 amide bonds. The number of carbonyl (C=O) groups excluding carboxylic acids is 3. The van der Waals surface area contributed by atoms with Gasteiger partial charge in [-0.15, -0.1) is 0 Å². The fraction of sp³-hybridized carbons (Fsp3) is 0.509. The molecule has 70 heavy (non-hydrogen) atoms. The van der Waals surface area contributed by atoms with E-state index in [1.807, 2.05) is 24.0 Å². The number of likely N-dealkylation sites (tertiary alicyclic amines) is 1. The van der Waals surface area contributed by atoms with Crippen LogP contribution in [0.3, 0.4) is 0 Å². The van der Waals surface area contributed by atoms with E-state index < -0.39 is 29.2 Å². The molecule has 17 heteroatoms. The molecule has 3 aromatic carbocycles. The second-order valence-corrected chi connectivity index (χ2v) is 21.5. The summed E-state index contributed by atoms with van der Waals surface area (Å²) in [5.74, 6) is 0.449. The van der Waals surface area contributed by atoms with Crippen LogP contribution in [0.15, 0.2) is 48.7 Å². The molecule has 366 valence electrons. The lowest BCUT2D eigenvalue weighted by atomic mass is 9.94. The molecule has 6 fully saturated rings. The molecular weight excluding hydrogens is 897 g/mol. The first kappa shape index (κ1) is 45.1. The molecule has 7 heterocycles. The Balaban J connectivity index is 0.686. The first-order valence-electron chi connectivity index (χ1n) is 25.1. The van der Waals surface area contributed by atoms with Crippen LogP contribution >= 0.6 is 0 Å². The van der Waals surface area contributed by atoms with Crippen molar-refractivity contribution in [1.29, 1.82) is 0 Å². The summed E-state index contributed by atoms with van der Waals surface area (Å²) in [6.07, 6.45) is 5.87. The number of anilines is 2. The Bertz CT molecular complexity index is 2960. The molecule has 2 aliphatic carbocycles. The third-order valence-electron chi connectivity index (χ3n) is 16.6. The number of aliphatic hydroxyl groups is 1. The number of benzene rings is 3. The molecule has 0 spiro atoms. The molecule has 5 aliphatic heterocycles. The number of ether oxygens (including phenoxy) is 1. The number of rotatable bonds is 12. The summed E-state index contributed by atoms with van der Waals surface area (Å²) < 4.78 is 38.8. The van der Waals surface area contributed by atoms with Crippen molar-refractivity contribution < 1.29 is 38.1 Å². The minimum Gasteiger partial charge on any atom is -0.508 e. The van der Waals surface area contributed by atoms with Crippen LogP contribution in [0.1, 0.15) is 73.9 Å². The van der Waals surface area contributed by atoms with E-state index in [2.05, 4.69) is 31.1 Å². The number of carbonyl (C=O) groups is 3. The lowest BCUT2D eigenvalue weighted by Gasteiger charge is -2.38. The number of fused-ring (bicyclic) bond motifs is 4. The largest absolute Gasteiger partial charge is 0.508 e. The molecule has 3 N–H and O–H groups in total. The molecule has 5 aromatic rings. The van der Waals surface area contributed by atoms with Crippen LogP contribution in [0.5, 0.6) is 11.8 Å². The van der Waals surface area contributed by atoms with E-state index in [0.717, 1.165) is 82.9 Å². The summed E-state index contributed by atoms with van der Waals surface area (Å²) in [4.78, 5) is 62.7. The van der Waals surface area contributed by atoms with Crippen molar-refractivity contribution in [2.75, 3.05) is 81.9 Å². The van der Waals surface area contributed by atoms with Crippen molar-refractivity contribution in [3.05, 3.63) is 77.0 Å². The second-order valence-electron chi connectivity index (χ2n) is 21.5. The molecule has 5 atom stereocenters. The first-order valence-corrected chi connectivity index (χ1v) is 25.1. The van der Waals surface area contributed by atoms with E-state index in [0.29, 0.717) is 96.4 Å². The highest BCUT2D eigenvalue weighted by atomic mass is 19.1. The van der Waals surface area contributed by atoms with Gasteiger partial charge in [0.25, 0.3) is 5.91 Å². The number of halogens is 2. The predicted octanol–water partition coefficient (Wildman–Crippen LogP) is 5.66. The zero-order chi connectivity index (χ0) is 48.2. The van der Waals surface area contributed by atoms with Gasteiger partial charge < -0.3 is 34.5 Å². The lowest BCUT2D eigenvalue weighted by Crippen LogP contribution is -2.52. The van der Waals surface area contributed by atoms with Gasteiger partial charge in [0.05, 0.1) is 17.6 Å². The van der Waals surface area contributed by atoms with Crippen LogP contribution in [-0.2, 0) is 22.6 Å². The number of piperidine rings is 3. The van der Waals surface area contributed by atoms with Crippen LogP contribution in [0.25, 0.3) is 32.9 Å². The van der Waals surface area contributed by atoms with Gasteiger partial charge >= 0.3 is 6.01 Å². The SMILES string of the molecule is CCc1c(F)ccc2cc(O)cc(-c3ncc4c(N5CCC[C@@](C)(O)C5)nc(OCC5(CN6C[C@@H]7[C@@H](CN8CCN(c9ccc%10c(c9)CN([C@H]9CCC(=O)NC9=O)C%10=O)CC8)[C@@H]7C6)CC5)nc4c3F)c12. The third kappa shape index (κ3) is 8.16. The summed E-state index contributed by atoms with van der Waals surface area (Å²) >= 11 is 0. The smallest absolute Gasteiger partial charge is 0.319 e. The number of phenolic OH excluding ortho intramolecular Hbond substituents is 1. The average Bonchev–Trinajstić information content (AvgIpc) is 4.15. The maximum atomic E-state index is 17.1. The number of hydrogen-bond donors (Lipinski definition) is 3. The van der Waals surface area contributed by atoms with Crippen molar-refractivity contribution in [3.8, 4) is 23.0 Å². The number of hydrogen-bond acceptors (Lipinski definition) is 13. The van der Waals surface area contributed by atoms with Gasteiger partial charge in [0.2, 0.25) is 11.8 Å². The van der Waals surface area contributed by atoms with Crippen molar-refractivity contribution in [2.24, 2.45) is 23.2 Å². The topological polar surface area (TPSA) is 168 Å². The molecule has 4 saturated heterocycles. The molecular formula is C53H59F2N9O6. The number of imide groups is 1. The van der Waals surface area contributed by atoms with Gasteiger partial charge in [-0.2, -0.15) is 9.97 Å². The fourth-order valence-corrected chi connectivity index (χ4v) is 12.5. The van der Waals surface area contributed by atoms with Crippen molar-refractivity contribution >= 4 is 50.9 Å². The Labute approximate surface area is 404 Å². The van der Waals surface area contributed by atoms with Gasteiger partial charge in [-0.25, -0.2) is 8.78 Å². The highest BCUT2D eigenvalue weighted by Gasteiger charge is 2.57. The van der Waals surface area contributed by atoms with Gasteiger partial charge in [-0.05, 0) is 121 Å². The van der Waals surface area contributed by atoms with E-state index in [1.54, 1.807) is 24.0 Å². The van der Waals surface area contributed by atoms with E-state index in [4.69, 9.17) is 14.7 Å². The molecule has 2 aromatic heterocycles. The minimum atomic E-state index is -0.965. The molecule has 0 unspecified atom stereocenters. The fourth-order valence-electron chi connectivity index (χ4n) is 12.5. The molecule has 0 radical (unpaired) electrons. The Morgan fingerprint density at radius 3 is 2.46 bits per heavy atom. The van der Waals surface area contributed by atoms with Crippen LogP contribution < -0.4 is 19.9 Å². The maximum absolute atomic E-state index is 17.1. The Kier molecular flexibility index (Phi) is 11.0. The quantitative estimate of drug-likeness (QED) is 0.131. The molecule has 12 rings (SSSR count). The van der Waals surface area contributed by atoms with Crippen LogP contribution in [0.4, 0.5) is 20.3 Å². The zero-order valence-corrected chi connectivity index (χ0v) is 39.7.